The van der Waals surface area contributed by atoms with E-state index in [9.17, 15) is 40.8 Å². The summed E-state index contributed by atoms with van der Waals surface area (Å²) in [6, 6.07) is 4.11. The molecule has 5 atom stereocenters. The smallest absolute Gasteiger partial charge is 0.434 e. The molecule has 3 heterocycles. The van der Waals surface area contributed by atoms with Crippen molar-refractivity contribution in [2.75, 3.05) is 6.54 Å². The first-order chi connectivity index (χ1) is 25.6. The zero-order valence-electron chi connectivity index (χ0n) is 29.3. The SMILES string of the molecule is C=C[C@@H]1C[C@]1(NC(=O)[C@@H]1C[C@@H](OC(=O)N2Cc3cccc(Cl)c3C2)CN1C(=O)[C@@H](Cc1nc(C(F)(F)F)cs1)C1CCCCC1)C(=O)NS(=O)(=O)C1CC1. The maximum atomic E-state index is 14.7. The summed E-state index contributed by atoms with van der Waals surface area (Å²) in [5.74, 6) is -3.73. The summed E-state index contributed by atoms with van der Waals surface area (Å²) in [6.07, 6.45) is -0.166. The largest absolute Gasteiger partial charge is 0.444 e. The zero-order chi connectivity index (χ0) is 38.6. The van der Waals surface area contributed by atoms with Crippen LogP contribution in [0.5, 0.6) is 0 Å². The van der Waals surface area contributed by atoms with E-state index < -0.39 is 80.5 Å². The number of carbonyl (C=O) groups is 4. The lowest BCUT2D eigenvalue weighted by molar-refractivity contribution is -0.144. The fraction of sp³-hybridized carbons (Fsp3) is 0.583. The number of carbonyl (C=O) groups excluding carboxylic acids is 4. The molecule has 54 heavy (non-hydrogen) atoms. The van der Waals surface area contributed by atoms with Gasteiger partial charge in [-0.05, 0) is 55.2 Å². The minimum absolute atomic E-state index is 0.0732. The summed E-state index contributed by atoms with van der Waals surface area (Å²) < 4.78 is 73.8. The number of nitrogens with zero attached hydrogens (tertiary/aromatic N) is 3. The number of halogens is 4. The second kappa shape index (κ2) is 14.8. The number of fused-ring (bicyclic) bond motifs is 1. The van der Waals surface area contributed by atoms with E-state index in [1.165, 1.54) is 15.9 Å². The number of thiazole rings is 1. The van der Waals surface area contributed by atoms with E-state index in [-0.39, 0.29) is 49.8 Å². The number of rotatable bonds is 11. The molecule has 292 valence electrons. The molecule has 18 heteroatoms. The van der Waals surface area contributed by atoms with Crippen LogP contribution in [-0.4, -0.2) is 76.5 Å². The molecule has 3 aliphatic carbocycles. The quantitative estimate of drug-likeness (QED) is 0.288. The number of sulfonamides is 1. The van der Waals surface area contributed by atoms with Gasteiger partial charge in [0.1, 0.15) is 17.7 Å². The van der Waals surface area contributed by atoms with Gasteiger partial charge < -0.3 is 15.0 Å². The predicted octanol–water partition coefficient (Wildman–Crippen LogP) is 5.35. The van der Waals surface area contributed by atoms with Gasteiger partial charge in [0.2, 0.25) is 21.8 Å². The molecule has 1 saturated heterocycles. The summed E-state index contributed by atoms with van der Waals surface area (Å²) in [5.41, 5.74) is -1.01. The molecule has 0 spiro atoms. The predicted molar refractivity (Wildman–Crippen MR) is 191 cm³/mol. The molecular weight excluding hydrogens is 771 g/mol. The van der Waals surface area contributed by atoms with Crippen molar-refractivity contribution in [3.8, 4) is 0 Å². The second-order valence-corrected chi connectivity index (χ2v) is 18.3. The lowest BCUT2D eigenvalue weighted by Crippen LogP contribution is -2.57. The van der Waals surface area contributed by atoms with Crippen molar-refractivity contribution >= 4 is 56.8 Å². The van der Waals surface area contributed by atoms with Crippen LogP contribution in [0, 0.1) is 17.8 Å². The highest BCUT2D eigenvalue weighted by molar-refractivity contribution is 7.91. The number of likely N-dealkylation sites (tertiary alicyclic amines) is 1. The van der Waals surface area contributed by atoms with Gasteiger partial charge in [-0.1, -0.05) is 49.1 Å². The topological polar surface area (TPSA) is 155 Å². The monoisotopic (exact) mass is 811 g/mol. The molecule has 2 aliphatic heterocycles. The van der Waals surface area contributed by atoms with Crippen LogP contribution in [0.1, 0.15) is 79.6 Å². The van der Waals surface area contributed by atoms with Gasteiger partial charge in [0.25, 0.3) is 5.91 Å². The minimum atomic E-state index is -4.65. The molecule has 2 N–H and O–H groups in total. The Kier molecular flexibility index (Phi) is 10.5. The number of alkyl halides is 3. The Morgan fingerprint density at radius 3 is 2.50 bits per heavy atom. The maximum absolute atomic E-state index is 14.7. The van der Waals surface area contributed by atoms with Crippen molar-refractivity contribution < 1.29 is 45.5 Å². The molecule has 2 aromatic rings. The molecule has 7 rings (SSSR count). The van der Waals surface area contributed by atoms with Gasteiger partial charge in [-0.2, -0.15) is 13.2 Å². The number of benzene rings is 1. The molecule has 1 aromatic carbocycles. The van der Waals surface area contributed by atoms with Gasteiger partial charge in [0.05, 0.1) is 23.3 Å². The first-order valence-corrected chi connectivity index (χ1v) is 20.9. The van der Waals surface area contributed by atoms with Crippen LogP contribution in [0.15, 0.2) is 36.2 Å². The second-order valence-electron chi connectivity index (χ2n) is 15.0. The van der Waals surface area contributed by atoms with Crippen LogP contribution in [0.4, 0.5) is 18.0 Å². The fourth-order valence-electron chi connectivity index (χ4n) is 8.05. The number of nitrogens with one attached hydrogen (secondary N) is 2. The third kappa shape index (κ3) is 7.85. The minimum Gasteiger partial charge on any atom is -0.444 e. The fourth-order valence-corrected chi connectivity index (χ4v) is 10.5. The van der Waals surface area contributed by atoms with Crippen molar-refractivity contribution in [3.05, 3.63) is 63.1 Å². The van der Waals surface area contributed by atoms with Gasteiger partial charge in [-0.3, -0.25) is 24.0 Å². The van der Waals surface area contributed by atoms with Crippen LogP contribution < -0.4 is 10.0 Å². The Hall–Kier alpha value is -3.70. The number of aromatic nitrogens is 1. The Morgan fingerprint density at radius 2 is 1.87 bits per heavy atom. The summed E-state index contributed by atoms with van der Waals surface area (Å²) in [7, 11) is -3.95. The van der Waals surface area contributed by atoms with Crippen LogP contribution in [-0.2, 0) is 54.8 Å². The van der Waals surface area contributed by atoms with E-state index in [0.717, 1.165) is 47.1 Å². The summed E-state index contributed by atoms with van der Waals surface area (Å²) in [5, 5.41) is 3.61. The van der Waals surface area contributed by atoms with Crippen molar-refractivity contribution in [2.24, 2.45) is 17.8 Å². The van der Waals surface area contributed by atoms with E-state index in [1.807, 2.05) is 6.07 Å². The molecule has 3 saturated carbocycles. The highest BCUT2D eigenvalue weighted by Gasteiger charge is 2.62. The molecule has 4 fully saturated rings. The van der Waals surface area contributed by atoms with Gasteiger partial charge in [-0.15, -0.1) is 17.9 Å². The molecule has 0 bridgehead atoms. The Morgan fingerprint density at radius 1 is 1.13 bits per heavy atom. The number of amides is 4. The van der Waals surface area contributed by atoms with Gasteiger partial charge in [0.15, 0.2) is 5.69 Å². The zero-order valence-corrected chi connectivity index (χ0v) is 31.7. The van der Waals surface area contributed by atoms with Gasteiger partial charge in [0, 0.05) is 41.6 Å². The van der Waals surface area contributed by atoms with Gasteiger partial charge in [-0.25, -0.2) is 18.2 Å². The van der Waals surface area contributed by atoms with E-state index in [4.69, 9.17) is 16.3 Å². The van der Waals surface area contributed by atoms with Gasteiger partial charge >= 0.3 is 12.3 Å². The summed E-state index contributed by atoms with van der Waals surface area (Å²) in [6.45, 7) is 4.00. The van der Waals surface area contributed by atoms with Crippen molar-refractivity contribution in [2.45, 2.75) is 106 Å². The lowest BCUT2D eigenvalue weighted by atomic mass is 9.78. The molecule has 0 radical (unpaired) electrons. The van der Waals surface area contributed by atoms with E-state index in [1.54, 1.807) is 12.1 Å². The van der Waals surface area contributed by atoms with E-state index >= 15 is 0 Å². The Bertz CT molecular complexity index is 1950. The van der Waals surface area contributed by atoms with Crippen LogP contribution in [0.25, 0.3) is 0 Å². The van der Waals surface area contributed by atoms with Crippen LogP contribution in [0.3, 0.4) is 0 Å². The highest BCUT2D eigenvalue weighted by atomic mass is 35.5. The first kappa shape index (κ1) is 38.6. The third-order valence-electron chi connectivity index (χ3n) is 11.3. The van der Waals surface area contributed by atoms with E-state index in [0.29, 0.717) is 30.7 Å². The molecule has 0 unspecified atom stereocenters. The molecule has 5 aliphatic rings. The average molecular weight is 812 g/mol. The van der Waals surface area contributed by atoms with Crippen molar-refractivity contribution in [1.82, 2.24) is 24.8 Å². The number of hydrogen-bond donors (Lipinski definition) is 2. The lowest BCUT2D eigenvalue weighted by Gasteiger charge is -2.34. The van der Waals surface area contributed by atoms with Crippen LogP contribution in [0.2, 0.25) is 5.02 Å². The normalized spacial score (nSPS) is 26.2. The van der Waals surface area contributed by atoms with Crippen LogP contribution >= 0.6 is 22.9 Å². The Balaban J connectivity index is 1.14. The molecule has 12 nitrogen and oxygen atoms in total. The Labute approximate surface area is 319 Å². The highest BCUT2D eigenvalue weighted by Crippen LogP contribution is 2.46. The standard InChI is InChI=1S/C36H41ClF3N5O7S2/c1-2-22-15-35(22,33(48)43-54(50,51)24-11-12-24)42-31(46)28-13-23(52-34(49)44-16-21-9-6-10-27(37)26(21)18-44)17-45(28)32(47)25(20-7-4-3-5-8-20)14-30-41-29(19-53-30)36(38,39)40/h2,6,9-10,19-20,22-25,28H,1,3-5,7-8,11-18H2,(H,42,46)(H,43,48)/t22-,23-,25+,28+,35-/m1/s1. The molecular formula is C36H41ClF3N5O7S2. The number of ether oxygens (including phenoxy) is 1. The summed E-state index contributed by atoms with van der Waals surface area (Å²) in [4.78, 5) is 62.5. The first-order valence-electron chi connectivity index (χ1n) is 18.1. The average Bonchev–Trinajstić information content (AvgIpc) is 3.93. The number of hydrogen-bond acceptors (Lipinski definition) is 9. The van der Waals surface area contributed by atoms with Crippen molar-refractivity contribution in [3.63, 3.8) is 0 Å². The molecule has 1 aromatic heterocycles. The van der Waals surface area contributed by atoms with E-state index in [2.05, 4.69) is 21.6 Å². The van der Waals surface area contributed by atoms with Crippen molar-refractivity contribution in [1.29, 1.82) is 0 Å². The third-order valence-corrected chi connectivity index (χ3v) is 14.4. The maximum Gasteiger partial charge on any atom is 0.434 e. The summed E-state index contributed by atoms with van der Waals surface area (Å²) >= 11 is 7.17. The molecule has 4 amide bonds.